The van der Waals surface area contributed by atoms with Crippen LogP contribution >= 0.6 is 0 Å². The molecule has 0 bridgehead atoms. The lowest BCUT2D eigenvalue weighted by Gasteiger charge is -2.20. The van der Waals surface area contributed by atoms with Gasteiger partial charge in [-0.3, -0.25) is 4.79 Å². The number of sulfone groups is 1. The molecule has 0 aromatic rings. The van der Waals surface area contributed by atoms with Gasteiger partial charge in [-0.05, 0) is 40.5 Å². The minimum atomic E-state index is -3.12. The summed E-state index contributed by atoms with van der Waals surface area (Å²) in [7, 11) is -3.12. The Morgan fingerprint density at radius 3 is 2.33 bits per heavy atom. The number of rotatable bonds is 6. The third kappa shape index (κ3) is 4.57. The molecule has 0 radical (unpaired) electrons. The molecule has 0 aliphatic heterocycles. The first-order valence-corrected chi connectivity index (χ1v) is 8.05. The van der Waals surface area contributed by atoms with Crippen LogP contribution in [0, 0.1) is 0 Å². The zero-order valence-corrected chi connectivity index (χ0v) is 12.4. The van der Waals surface area contributed by atoms with E-state index in [1.54, 1.807) is 27.7 Å². The van der Waals surface area contributed by atoms with Gasteiger partial charge in [0.25, 0.3) is 0 Å². The van der Waals surface area contributed by atoms with E-state index in [4.69, 9.17) is 0 Å². The highest BCUT2D eigenvalue weighted by Gasteiger charge is 2.29. The second-order valence-corrected chi connectivity index (χ2v) is 8.75. The second-order valence-electron chi connectivity index (χ2n) is 5.89. The van der Waals surface area contributed by atoms with Crippen LogP contribution in [0.4, 0.5) is 0 Å². The highest BCUT2D eigenvalue weighted by atomic mass is 32.2. The average molecular weight is 276 g/mol. The Labute approximate surface area is 110 Å². The lowest BCUT2D eigenvalue weighted by Crippen LogP contribution is -2.45. The van der Waals surface area contributed by atoms with Crippen LogP contribution in [0.1, 0.15) is 40.5 Å². The Kier molecular flexibility index (Phi) is 4.78. The Bertz CT molecular complexity index is 394. The molecule has 106 valence electrons. The Morgan fingerprint density at radius 1 is 1.33 bits per heavy atom. The van der Waals surface area contributed by atoms with Crippen molar-refractivity contribution in [3.05, 3.63) is 0 Å². The summed E-state index contributed by atoms with van der Waals surface area (Å²) in [6.07, 6.45) is 2.10. The van der Waals surface area contributed by atoms with E-state index < -0.39 is 14.6 Å². The molecule has 0 heterocycles. The van der Waals surface area contributed by atoms with Crippen LogP contribution in [0.5, 0.6) is 0 Å². The van der Waals surface area contributed by atoms with Crippen LogP contribution in [0.3, 0.4) is 0 Å². The zero-order valence-electron chi connectivity index (χ0n) is 11.6. The molecular weight excluding hydrogens is 252 g/mol. The summed E-state index contributed by atoms with van der Waals surface area (Å²) in [4.78, 5) is 11.6. The molecule has 0 aromatic carbocycles. The standard InChI is InChI=1S/C12H24N2O3S/c1-9(11(15)14-10-5-6-10)13-7-8-18(16,17)12(2,3)4/h9-10,13H,5-8H2,1-4H3,(H,14,15). The quantitative estimate of drug-likeness (QED) is 0.739. The van der Waals surface area contributed by atoms with Gasteiger partial charge in [-0.25, -0.2) is 8.42 Å². The van der Waals surface area contributed by atoms with Gasteiger partial charge in [-0.15, -0.1) is 0 Å². The molecule has 1 aliphatic carbocycles. The average Bonchev–Trinajstić information content (AvgIpc) is 2.99. The van der Waals surface area contributed by atoms with Gasteiger partial charge in [0.15, 0.2) is 9.84 Å². The Morgan fingerprint density at radius 2 is 1.89 bits per heavy atom. The van der Waals surface area contributed by atoms with E-state index in [1.807, 2.05) is 0 Å². The molecule has 1 atom stereocenters. The van der Waals surface area contributed by atoms with Crippen molar-refractivity contribution in [3.8, 4) is 0 Å². The smallest absolute Gasteiger partial charge is 0.237 e. The molecule has 0 saturated heterocycles. The van der Waals surface area contributed by atoms with Crippen LogP contribution in [0.15, 0.2) is 0 Å². The van der Waals surface area contributed by atoms with Crippen LogP contribution in [0.2, 0.25) is 0 Å². The summed E-state index contributed by atoms with van der Waals surface area (Å²) in [5.41, 5.74) is 0. The van der Waals surface area contributed by atoms with Crippen molar-refractivity contribution in [3.63, 3.8) is 0 Å². The van der Waals surface area contributed by atoms with Crippen molar-refractivity contribution < 1.29 is 13.2 Å². The van der Waals surface area contributed by atoms with Crippen LogP contribution < -0.4 is 10.6 Å². The predicted octanol–water partition coefficient (Wildman–Crippen LogP) is 0.456. The highest BCUT2D eigenvalue weighted by Crippen LogP contribution is 2.18. The first-order valence-electron chi connectivity index (χ1n) is 6.39. The Hall–Kier alpha value is -0.620. The van der Waals surface area contributed by atoms with Gasteiger partial charge < -0.3 is 10.6 Å². The van der Waals surface area contributed by atoms with Gasteiger partial charge in [0.1, 0.15) is 0 Å². The minimum absolute atomic E-state index is 0.0503. The Balaban J connectivity index is 2.30. The molecule has 1 aliphatic rings. The van der Waals surface area contributed by atoms with E-state index >= 15 is 0 Å². The van der Waals surface area contributed by atoms with Crippen LogP contribution in [-0.2, 0) is 14.6 Å². The molecule has 1 unspecified atom stereocenters. The SMILES string of the molecule is CC(NCCS(=O)(=O)C(C)(C)C)C(=O)NC1CC1. The summed E-state index contributed by atoms with van der Waals surface area (Å²) >= 11 is 0. The number of hydrogen-bond acceptors (Lipinski definition) is 4. The number of carbonyl (C=O) groups excluding carboxylic acids is 1. The molecule has 0 spiro atoms. The summed E-state index contributed by atoms with van der Waals surface area (Å²) in [5, 5.41) is 5.83. The monoisotopic (exact) mass is 276 g/mol. The van der Waals surface area contributed by atoms with Gasteiger partial charge in [0, 0.05) is 12.6 Å². The van der Waals surface area contributed by atoms with Gasteiger partial charge in [0.05, 0.1) is 16.5 Å². The summed E-state index contributed by atoms with van der Waals surface area (Å²) in [6.45, 7) is 7.11. The largest absolute Gasteiger partial charge is 0.352 e. The van der Waals surface area contributed by atoms with E-state index in [-0.39, 0.29) is 17.7 Å². The molecule has 1 amide bonds. The minimum Gasteiger partial charge on any atom is -0.352 e. The topological polar surface area (TPSA) is 75.3 Å². The number of nitrogens with one attached hydrogen (secondary N) is 2. The van der Waals surface area contributed by atoms with Crippen molar-refractivity contribution in [2.75, 3.05) is 12.3 Å². The molecule has 18 heavy (non-hydrogen) atoms. The third-order valence-corrected chi connectivity index (χ3v) is 5.68. The van der Waals surface area contributed by atoms with Gasteiger partial charge in [-0.1, -0.05) is 0 Å². The third-order valence-electron chi connectivity index (χ3n) is 3.07. The van der Waals surface area contributed by atoms with Crippen molar-refractivity contribution >= 4 is 15.7 Å². The fraction of sp³-hybridized carbons (Fsp3) is 0.917. The molecule has 1 rings (SSSR count). The molecular formula is C12H24N2O3S. The first-order chi connectivity index (χ1) is 8.13. The van der Waals surface area contributed by atoms with E-state index in [1.165, 1.54) is 0 Å². The van der Waals surface area contributed by atoms with Crippen LogP contribution in [-0.4, -0.2) is 43.5 Å². The highest BCUT2D eigenvalue weighted by molar-refractivity contribution is 7.92. The molecule has 2 N–H and O–H groups in total. The summed E-state index contributed by atoms with van der Waals surface area (Å²) in [6, 6.07) is -0.0131. The lowest BCUT2D eigenvalue weighted by molar-refractivity contribution is -0.122. The molecule has 1 fully saturated rings. The fourth-order valence-electron chi connectivity index (χ4n) is 1.36. The van der Waals surface area contributed by atoms with Crippen molar-refractivity contribution in [1.29, 1.82) is 0 Å². The van der Waals surface area contributed by atoms with Gasteiger partial charge >= 0.3 is 0 Å². The maximum atomic E-state index is 11.9. The van der Waals surface area contributed by atoms with Crippen molar-refractivity contribution in [1.82, 2.24) is 10.6 Å². The van der Waals surface area contributed by atoms with Crippen molar-refractivity contribution in [2.45, 2.75) is 57.4 Å². The molecule has 5 nitrogen and oxygen atoms in total. The maximum absolute atomic E-state index is 11.9. The van der Waals surface area contributed by atoms with E-state index in [9.17, 15) is 13.2 Å². The van der Waals surface area contributed by atoms with Crippen LogP contribution in [0.25, 0.3) is 0 Å². The molecule has 1 saturated carbocycles. The second kappa shape index (κ2) is 5.57. The van der Waals surface area contributed by atoms with Crippen molar-refractivity contribution in [2.24, 2.45) is 0 Å². The van der Waals surface area contributed by atoms with E-state index in [0.717, 1.165) is 12.8 Å². The number of hydrogen-bond donors (Lipinski definition) is 2. The molecule has 6 heteroatoms. The zero-order chi connectivity index (χ0) is 14.0. The van der Waals surface area contributed by atoms with E-state index in [2.05, 4.69) is 10.6 Å². The normalized spacial score (nSPS) is 18.4. The number of carbonyl (C=O) groups is 1. The van der Waals surface area contributed by atoms with E-state index in [0.29, 0.717) is 12.6 Å². The van der Waals surface area contributed by atoms with Gasteiger partial charge in [-0.2, -0.15) is 0 Å². The first kappa shape index (κ1) is 15.4. The molecule has 0 aromatic heterocycles. The maximum Gasteiger partial charge on any atom is 0.237 e. The predicted molar refractivity (Wildman–Crippen MR) is 72.2 cm³/mol. The summed E-state index contributed by atoms with van der Waals surface area (Å²) in [5.74, 6) is 0.00281. The summed E-state index contributed by atoms with van der Waals surface area (Å²) < 4.78 is 23.0. The van der Waals surface area contributed by atoms with Gasteiger partial charge in [0.2, 0.25) is 5.91 Å². The lowest BCUT2D eigenvalue weighted by atomic mass is 10.3. The number of amides is 1. The fourth-order valence-corrected chi connectivity index (χ4v) is 2.36.